The minimum atomic E-state index is 0.723. The molecule has 0 aromatic heterocycles. The Kier molecular flexibility index (Phi) is 4.64. The summed E-state index contributed by atoms with van der Waals surface area (Å²) in [6.45, 7) is 16.9. The standard InChI is InChI=1S/C14H29N/c1-7-12(6)14-9-15(11(4)5)8-13(14)10(2)3/h10-14H,7-9H2,1-6H3. The van der Waals surface area contributed by atoms with E-state index in [1.54, 1.807) is 0 Å². The molecular weight excluding hydrogens is 182 g/mol. The second-order valence-electron chi connectivity index (χ2n) is 6.00. The van der Waals surface area contributed by atoms with E-state index in [4.69, 9.17) is 0 Å². The minimum Gasteiger partial charge on any atom is -0.300 e. The van der Waals surface area contributed by atoms with Gasteiger partial charge in [0.05, 0.1) is 0 Å². The molecule has 3 atom stereocenters. The molecular formula is C14H29N. The molecule has 1 rings (SSSR count). The molecule has 1 heteroatoms. The zero-order valence-corrected chi connectivity index (χ0v) is 11.5. The second-order valence-corrected chi connectivity index (χ2v) is 6.00. The molecule has 0 N–H and O–H groups in total. The van der Waals surface area contributed by atoms with E-state index >= 15 is 0 Å². The molecule has 1 saturated heterocycles. The Balaban J connectivity index is 2.67. The summed E-state index contributed by atoms with van der Waals surface area (Å²) in [6.07, 6.45) is 1.33. The van der Waals surface area contributed by atoms with Crippen LogP contribution in [0.4, 0.5) is 0 Å². The van der Waals surface area contributed by atoms with E-state index < -0.39 is 0 Å². The van der Waals surface area contributed by atoms with Crippen LogP contribution in [0.2, 0.25) is 0 Å². The van der Waals surface area contributed by atoms with E-state index in [0.717, 1.165) is 29.7 Å². The van der Waals surface area contributed by atoms with Crippen LogP contribution >= 0.6 is 0 Å². The number of hydrogen-bond donors (Lipinski definition) is 0. The summed E-state index contributed by atoms with van der Waals surface area (Å²) in [5.74, 6) is 3.58. The lowest BCUT2D eigenvalue weighted by atomic mass is 9.78. The third kappa shape index (κ3) is 2.96. The van der Waals surface area contributed by atoms with Crippen molar-refractivity contribution >= 4 is 0 Å². The normalized spacial score (nSPS) is 30.4. The van der Waals surface area contributed by atoms with Gasteiger partial charge >= 0.3 is 0 Å². The summed E-state index contributed by atoms with van der Waals surface area (Å²) < 4.78 is 0. The van der Waals surface area contributed by atoms with Crippen LogP contribution in [0.15, 0.2) is 0 Å². The van der Waals surface area contributed by atoms with Crippen LogP contribution in [-0.4, -0.2) is 24.0 Å². The Morgan fingerprint density at radius 3 is 1.93 bits per heavy atom. The van der Waals surface area contributed by atoms with Crippen molar-refractivity contribution in [2.24, 2.45) is 23.7 Å². The molecule has 1 nitrogen and oxygen atoms in total. The highest BCUT2D eigenvalue weighted by molar-refractivity contribution is 4.89. The molecule has 90 valence electrons. The molecule has 1 aliphatic rings. The molecule has 0 aliphatic carbocycles. The van der Waals surface area contributed by atoms with Gasteiger partial charge in [0, 0.05) is 19.1 Å². The monoisotopic (exact) mass is 211 g/mol. The van der Waals surface area contributed by atoms with Crippen molar-refractivity contribution in [3.8, 4) is 0 Å². The second kappa shape index (κ2) is 5.34. The van der Waals surface area contributed by atoms with Crippen LogP contribution in [-0.2, 0) is 0 Å². The fourth-order valence-electron chi connectivity index (χ4n) is 2.92. The van der Waals surface area contributed by atoms with Gasteiger partial charge in [-0.1, -0.05) is 34.1 Å². The van der Waals surface area contributed by atoms with Crippen LogP contribution in [0.5, 0.6) is 0 Å². The third-order valence-corrected chi connectivity index (χ3v) is 4.40. The van der Waals surface area contributed by atoms with Crippen LogP contribution in [0.25, 0.3) is 0 Å². The fraction of sp³-hybridized carbons (Fsp3) is 1.00. The van der Waals surface area contributed by atoms with E-state index in [2.05, 4.69) is 46.4 Å². The maximum atomic E-state index is 2.67. The lowest BCUT2D eigenvalue weighted by Crippen LogP contribution is -2.29. The fourth-order valence-corrected chi connectivity index (χ4v) is 2.92. The van der Waals surface area contributed by atoms with Crippen molar-refractivity contribution in [2.45, 2.75) is 54.0 Å². The van der Waals surface area contributed by atoms with Gasteiger partial charge in [-0.25, -0.2) is 0 Å². The van der Waals surface area contributed by atoms with Crippen LogP contribution in [0.3, 0.4) is 0 Å². The molecule has 0 aromatic carbocycles. The van der Waals surface area contributed by atoms with E-state index in [-0.39, 0.29) is 0 Å². The molecule has 0 spiro atoms. The zero-order chi connectivity index (χ0) is 11.6. The highest BCUT2D eigenvalue weighted by Gasteiger charge is 2.37. The average Bonchev–Trinajstić information content (AvgIpc) is 2.61. The first-order valence-electron chi connectivity index (χ1n) is 6.71. The van der Waals surface area contributed by atoms with Crippen LogP contribution < -0.4 is 0 Å². The molecule has 1 heterocycles. The van der Waals surface area contributed by atoms with E-state index in [1.807, 2.05) is 0 Å². The highest BCUT2D eigenvalue weighted by Crippen LogP contribution is 2.36. The SMILES string of the molecule is CCC(C)C1CN(C(C)C)CC1C(C)C. The van der Waals surface area contributed by atoms with Gasteiger partial charge in [0.25, 0.3) is 0 Å². The van der Waals surface area contributed by atoms with Gasteiger partial charge in [-0.05, 0) is 37.5 Å². The lowest BCUT2D eigenvalue weighted by Gasteiger charge is -2.26. The summed E-state index contributed by atoms with van der Waals surface area (Å²) >= 11 is 0. The first kappa shape index (κ1) is 13.0. The molecule has 0 saturated carbocycles. The number of likely N-dealkylation sites (tertiary alicyclic amines) is 1. The van der Waals surface area contributed by atoms with E-state index in [9.17, 15) is 0 Å². The summed E-state index contributed by atoms with van der Waals surface area (Å²) in [6, 6.07) is 0.723. The quantitative estimate of drug-likeness (QED) is 0.686. The smallest absolute Gasteiger partial charge is 0.00388 e. The van der Waals surface area contributed by atoms with Gasteiger partial charge in [0.2, 0.25) is 0 Å². The summed E-state index contributed by atoms with van der Waals surface area (Å²) in [7, 11) is 0. The first-order chi connectivity index (χ1) is 6.97. The summed E-state index contributed by atoms with van der Waals surface area (Å²) in [5, 5.41) is 0. The van der Waals surface area contributed by atoms with Gasteiger partial charge in [0.1, 0.15) is 0 Å². The van der Waals surface area contributed by atoms with Crippen LogP contribution in [0.1, 0.15) is 48.0 Å². The van der Waals surface area contributed by atoms with E-state index in [0.29, 0.717) is 0 Å². The van der Waals surface area contributed by atoms with Gasteiger partial charge in [-0.15, -0.1) is 0 Å². The maximum Gasteiger partial charge on any atom is 0.00388 e. The predicted molar refractivity (Wildman–Crippen MR) is 68.0 cm³/mol. The molecule has 1 aliphatic heterocycles. The summed E-state index contributed by atoms with van der Waals surface area (Å²) in [5.41, 5.74) is 0. The molecule has 15 heavy (non-hydrogen) atoms. The largest absolute Gasteiger partial charge is 0.300 e. The minimum absolute atomic E-state index is 0.723. The van der Waals surface area contributed by atoms with Crippen molar-refractivity contribution < 1.29 is 0 Å². The van der Waals surface area contributed by atoms with Crippen molar-refractivity contribution in [1.82, 2.24) is 4.90 Å². The Bertz CT molecular complexity index is 186. The van der Waals surface area contributed by atoms with Crippen molar-refractivity contribution in [3.63, 3.8) is 0 Å². The maximum absolute atomic E-state index is 2.67. The van der Waals surface area contributed by atoms with Crippen molar-refractivity contribution in [2.75, 3.05) is 13.1 Å². The van der Waals surface area contributed by atoms with Crippen molar-refractivity contribution in [3.05, 3.63) is 0 Å². The molecule has 3 unspecified atom stereocenters. The Morgan fingerprint density at radius 2 is 1.53 bits per heavy atom. The highest BCUT2D eigenvalue weighted by atomic mass is 15.2. The molecule has 0 amide bonds. The molecule has 0 bridgehead atoms. The number of rotatable bonds is 4. The van der Waals surface area contributed by atoms with Gasteiger partial charge < -0.3 is 4.90 Å². The number of hydrogen-bond acceptors (Lipinski definition) is 1. The Labute approximate surface area is 96.2 Å². The average molecular weight is 211 g/mol. The first-order valence-corrected chi connectivity index (χ1v) is 6.71. The van der Waals surface area contributed by atoms with Crippen molar-refractivity contribution in [1.29, 1.82) is 0 Å². The topological polar surface area (TPSA) is 3.24 Å². The number of nitrogens with zero attached hydrogens (tertiary/aromatic N) is 1. The summed E-state index contributed by atoms with van der Waals surface area (Å²) in [4.78, 5) is 2.67. The zero-order valence-electron chi connectivity index (χ0n) is 11.5. The van der Waals surface area contributed by atoms with Gasteiger partial charge in [-0.3, -0.25) is 0 Å². The molecule has 1 fully saturated rings. The predicted octanol–water partition coefficient (Wildman–Crippen LogP) is 3.64. The van der Waals surface area contributed by atoms with Crippen LogP contribution in [0, 0.1) is 23.7 Å². The Hall–Kier alpha value is -0.0400. The molecule has 0 aromatic rings. The van der Waals surface area contributed by atoms with Gasteiger partial charge in [0.15, 0.2) is 0 Å². The molecule has 0 radical (unpaired) electrons. The van der Waals surface area contributed by atoms with E-state index in [1.165, 1.54) is 19.5 Å². The van der Waals surface area contributed by atoms with Gasteiger partial charge in [-0.2, -0.15) is 0 Å². The lowest BCUT2D eigenvalue weighted by molar-refractivity contribution is 0.238. The Morgan fingerprint density at radius 1 is 1.00 bits per heavy atom. The third-order valence-electron chi connectivity index (χ3n) is 4.40.